The Morgan fingerprint density at radius 1 is 1.30 bits per heavy atom. The third-order valence-electron chi connectivity index (χ3n) is 2.63. The van der Waals surface area contributed by atoms with Crippen LogP contribution in [0.25, 0.3) is 16.7 Å². The minimum Gasteiger partial charge on any atom is -0.462 e. The molecule has 3 aromatic rings. The van der Waals surface area contributed by atoms with Gasteiger partial charge in [-0.1, -0.05) is 17.3 Å². The Kier molecular flexibility index (Phi) is 2.00. The summed E-state index contributed by atoms with van der Waals surface area (Å²) in [6.45, 7) is 1.90. The maximum absolute atomic E-state index is 11.7. The van der Waals surface area contributed by atoms with Crippen molar-refractivity contribution in [3.63, 3.8) is 0 Å². The molecular weight excluding hydrogens is 254 g/mol. The first-order valence-corrected chi connectivity index (χ1v) is 5.96. The van der Waals surface area contributed by atoms with Crippen molar-refractivity contribution in [1.82, 2.24) is 15.0 Å². The van der Waals surface area contributed by atoms with Crippen molar-refractivity contribution < 1.29 is 16.4 Å². The van der Waals surface area contributed by atoms with E-state index in [0.717, 1.165) is 0 Å². The number of carbonyl (C=O) groups is 1. The van der Waals surface area contributed by atoms with Gasteiger partial charge in [0.15, 0.2) is 0 Å². The number of nitrogens with zero attached hydrogens (tertiary/aromatic N) is 3. The van der Waals surface area contributed by atoms with E-state index >= 15 is 0 Å². The minimum atomic E-state index is -0.548. The van der Waals surface area contributed by atoms with Crippen molar-refractivity contribution >= 4 is 17.0 Å². The van der Waals surface area contributed by atoms with E-state index in [-0.39, 0.29) is 47.0 Å². The van der Waals surface area contributed by atoms with Gasteiger partial charge in [-0.05, 0) is 43.3 Å². The van der Waals surface area contributed by atoms with E-state index < -0.39 is 18.1 Å². The highest BCUT2D eigenvalue weighted by molar-refractivity contribution is 5.89. The lowest BCUT2D eigenvalue weighted by Gasteiger charge is -2.04. The third-order valence-corrected chi connectivity index (χ3v) is 2.63. The molecule has 0 fully saturated rings. The molecule has 0 atom stereocenters. The van der Waals surface area contributed by atoms with Crippen LogP contribution in [0.4, 0.5) is 0 Å². The van der Waals surface area contributed by atoms with Gasteiger partial charge in [-0.25, -0.2) is 9.48 Å². The molecule has 0 unspecified atom stereocenters. The van der Waals surface area contributed by atoms with E-state index in [1.165, 1.54) is 22.9 Å². The number of para-hydroxylation sites is 1. The summed E-state index contributed by atoms with van der Waals surface area (Å²) in [7, 11) is 0. The van der Waals surface area contributed by atoms with Gasteiger partial charge >= 0.3 is 5.97 Å². The smallest absolute Gasteiger partial charge is 0.338 e. The molecule has 5 nitrogen and oxygen atoms in total. The standard InChI is InChI=1S/C15H13N3O2/c1-2-20-15(19)11-7-9-12(10-8-11)18-14-6-4-3-5-13(14)16-17-18/h3-10H,2H2,1H3/i3D,4D,5D,6D,9D. The molecule has 0 aliphatic heterocycles. The van der Waals surface area contributed by atoms with Crippen molar-refractivity contribution in [2.75, 3.05) is 6.61 Å². The van der Waals surface area contributed by atoms with Crippen LogP contribution in [-0.4, -0.2) is 27.6 Å². The molecule has 1 aromatic heterocycles. The molecular formula is C15H13N3O2. The highest BCUT2D eigenvalue weighted by atomic mass is 16.5. The molecule has 100 valence electrons. The number of ether oxygens (including phenoxy) is 1. The summed E-state index contributed by atoms with van der Waals surface area (Å²) in [4.78, 5) is 11.7. The minimum absolute atomic E-state index is 0.0138. The quantitative estimate of drug-likeness (QED) is 0.688. The van der Waals surface area contributed by atoms with E-state index in [2.05, 4.69) is 10.3 Å². The fraction of sp³-hybridized carbons (Fsp3) is 0.133. The Morgan fingerprint density at radius 3 is 2.95 bits per heavy atom. The highest BCUT2D eigenvalue weighted by Gasteiger charge is 2.08. The molecule has 0 amide bonds. The predicted octanol–water partition coefficient (Wildman–Crippen LogP) is 2.60. The zero-order chi connectivity index (χ0) is 18.3. The number of benzene rings is 2. The Balaban J connectivity index is 2.19. The molecule has 0 radical (unpaired) electrons. The van der Waals surface area contributed by atoms with Crippen LogP contribution in [0, 0.1) is 0 Å². The fourth-order valence-corrected chi connectivity index (χ4v) is 1.72. The van der Waals surface area contributed by atoms with Gasteiger partial charge in [-0.2, -0.15) is 0 Å². The van der Waals surface area contributed by atoms with Crippen molar-refractivity contribution in [2.24, 2.45) is 0 Å². The first-order valence-electron chi connectivity index (χ1n) is 8.46. The number of rotatable bonds is 3. The van der Waals surface area contributed by atoms with Crippen LogP contribution in [0.5, 0.6) is 0 Å². The summed E-state index contributed by atoms with van der Waals surface area (Å²) in [5, 5.41) is 7.68. The fourth-order valence-electron chi connectivity index (χ4n) is 1.72. The van der Waals surface area contributed by atoms with Crippen LogP contribution in [0.1, 0.15) is 24.1 Å². The summed E-state index contributed by atoms with van der Waals surface area (Å²) in [5.74, 6) is -0.548. The van der Waals surface area contributed by atoms with Crippen molar-refractivity contribution in [2.45, 2.75) is 6.92 Å². The Morgan fingerprint density at radius 2 is 2.15 bits per heavy atom. The van der Waals surface area contributed by atoms with Crippen molar-refractivity contribution in [3.8, 4) is 5.69 Å². The summed E-state index contributed by atoms with van der Waals surface area (Å²) in [6.07, 6.45) is 0. The highest BCUT2D eigenvalue weighted by Crippen LogP contribution is 2.16. The topological polar surface area (TPSA) is 57.0 Å². The first kappa shape index (κ1) is 7.79. The summed E-state index contributed by atoms with van der Waals surface area (Å²) in [6, 6.07) is 2.79. The molecule has 1 heterocycles. The summed E-state index contributed by atoms with van der Waals surface area (Å²) >= 11 is 0. The predicted molar refractivity (Wildman–Crippen MR) is 74.8 cm³/mol. The number of hydrogen-bond acceptors (Lipinski definition) is 4. The lowest BCUT2D eigenvalue weighted by molar-refractivity contribution is 0.0526. The zero-order valence-corrected chi connectivity index (χ0v) is 10.6. The second-order valence-electron chi connectivity index (χ2n) is 3.88. The number of esters is 1. The second-order valence-corrected chi connectivity index (χ2v) is 3.88. The van der Waals surface area contributed by atoms with Gasteiger partial charge in [0.05, 0.1) is 30.2 Å². The second kappa shape index (κ2) is 5.13. The van der Waals surface area contributed by atoms with Gasteiger partial charge in [0.25, 0.3) is 0 Å². The van der Waals surface area contributed by atoms with E-state index in [0.29, 0.717) is 0 Å². The molecule has 0 bridgehead atoms. The van der Waals surface area contributed by atoms with Crippen molar-refractivity contribution in [3.05, 3.63) is 54.0 Å². The monoisotopic (exact) mass is 272 g/mol. The average Bonchev–Trinajstić information content (AvgIpc) is 3.03. The zero-order valence-electron chi connectivity index (χ0n) is 15.6. The van der Waals surface area contributed by atoms with Gasteiger partial charge in [-0.15, -0.1) is 5.10 Å². The van der Waals surface area contributed by atoms with Crippen LogP contribution in [-0.2, 0) is 4.74 Å². The molecule has 5 heteroatoms. The van der Waals surface area contributed by atoms with Gasteiger partial charge in [-0.3, -0.25) is 0 Å². The number of aromatic nitrogens is 3. The molecule has 0 spiro atoms. The Hall–Kier alpha value is -2.69. The van der Waals surface area contributed by atoms with Gasteiger partial charge in [0.2, 0.25) is 0 Å². The van der Waals surface area contributed by atoms with Crippen LogP contribution >= 0.6 is 0 Å². The van der Waals surface area contributed by atoms with Crippen LogP contribution in [0.2, 0.25) is 0 Å². The number of hydrogen-bond donors (Lipinski definition) is 0. The van der Waals surface area contributed by atoms with Gasteiger partial charge in [0, 0.05) is 0 Å². The Labute approximate surface area is 122 Å². The molecule has 0 aliphatic carbocycles. The van der Waals surface area contributed by atoms with Crippen LogP contribution in [0.15, 0.2) is 48.4 Å². The maximum Gasteiger partial charge on any atom is 0.338 e. The van der Waals surface area contributed by atoms with Gasteiger partial charge < -0.3 is 4.74 Å². The largest absolute Gasteiger partial charge is 0.462 e. The Bertz CT molecular complexity index is 1000. The molecule has 3 rings (SSSR count). The lowest BCUT2D eigenvalue weighted by atomic mass is 10.2. The van der Waals surface area contributed by atoms with Crippen molar-refractivity contribution in [1.29, 1.82) is 0 Å². The summed E-state index contributed by atoms with van der Waals surface area (Å²) in [5.41, 5.74) is 0.533. The third kappa shape index (κ3) is 2.14. The summed E-state index contributed by atoms with van der Waals surface area (Å²) < 4.78 is 45.6. The van der Waals surface area contributed by atoms with Crippen LogP contribution in [0.3, 0.4) is 0 Å². The average molecular weight is 272 g/mol. The van der Waals surface area contributed by atoms with E-state index in [4.69, 9.17) is 11.6 Å². The SMILES string of the molecule is [2H]c1cc(C(=O)OCC)ccc1-n1nnc2c([2H])c([2H])c([2H])c([2H])c21. The number of carbonyl (C=O) groups excluding carboxylic acids is 1. The van der Waals surface area contributed by atoms with E-state index in [9.17, 15) is 4.79 Å². The molecule has 0 aliphatic rings. The lowest BCUT2D eigenvalue weighted by Crippen LogP contribution is -2.05. The first-order chi connectivity index (χ1) is 11.9. The van der Waals surface area contributed by atoms with Gasteiger partial charge in [0.1, 0.15) is 5.52 Å². The molecule has 0 N–H and O–H groups in total. The molecule has 0 saturated carbocycles. The van der Waals surface area contributed by atoms with E-state index in [1.807, 2.05) is 0 Å². The van der Waals surface area contributed by atoms with Crippen LogP contribution < -0.4 is 0 Å². The number of fused-ring (bicyclic) bond motifs is 1. The molecule has 2 aromatic carbocycles. The molecule has 20 heavy (non-hydrogen) atoms. The van der Waals surface area contributed by atoms with E-state index in [1.54, 1.807) is 6.92 Å². The maximum atomic E-state index is 11.7. The molecule has 0 saturated heterocycles. The normalized spacial score (nSPS) is 14.2.